The third-order valence-electron chi connectivity index (χ3n) is 11.0. The van der Waals surface area contributed by atoms with Crippen molar-refractivity contribution in [3.8, 4) is 0 Å². The zero-order chi connectivity index (χ0) is 26.4. The van der Waals surface area contributed by atoms with Crippen LogP contribution in [0.3, 0.4) is 0 Å². The maximum Gasteiger partial charge on any atom is 0.305 e. The summed E-state index contributed by atoms with van der Waals surface area (Å²) in [5.41, 5.74) is 0.0141. The molecule has 0 aromatic rings. The summed E-state index contributed by atoms with van der Waals surface area (Å²) in [5.74, 6) is 0.782. The number of methoxy groups -OCH3 is 1. The zero-order valence-corrected chi connectivity index (χ0v) is 23.0. The summed E-state index contributed by atoms with van der Waals surface area (Å²) in [6.45, 7) is 9.89. The summed E-state index contributed by atoms with van der Waals surface area (Å²) in [4.78, 5) is 35.7. The van der Waals surface area contributed by atoms with E-state index in [4.69, 9.17) is 14.2 Å². The number of hydrogen-bond acceptors (Lipinski definition) is 7. The van der Waals surface area contributed by atoms with Crippen molar-refractivity contribution in [3.05, 3.63) is 0 Å². The zero-order valence-electron chi connectivity index (χ0n) is 23.0. The van der Waals surface area contributed by atoms with Gasteiger partial charge in [-0.25, -0.2) is 0 Å². The Morgan fingerprint density at radius 2 is 1.64 bits per heavy atom. The highest BCUT2D eigenvalue weighted by Gasteiger charge is 2.66. The Labute approximate surface area is 216 Å². The predicted octanol–water partition coefficient (Wildman–Crippen LogP) is 4.68. The lowest BCUT2D eigenvalue weighted by Crippen LogP contribution is -2.60. The molecular weight excluding hydrogens is 460 g/mol. The Morgan fingerprint density at radius 3 is 2.28 bits per heavy atom. The molecule has 7 heteroatoms. The second-order valence-electron chi connectivity index (χ2n) is 12.8. The lowest BCUT2D eigenvalue weighted by molar-refractivity contribution is -0.204. The average Bonchev–Trinajstić information content (AvgIpc) is 3.08. The van der Waals surface area contributed by atoms with Gasteiger partial charge in [0.15, 0.2) is 0 Å². The van der Waals surface area contributed by atoms with Crippen LogP contribution in [0.25, 0.3) is 0 Å². The van der Waals surface area contributed by atoms with E-state index in [0.29, 0.717) is 30.1 Å². The van der Waals surface area contributed by atoms with Crippen molar-refractivity contribution in [2.75, 3.05) is 7.11 Å². The molecule has 1 N–H and O–H groups in total. The number of aliphatic hydroxyl groups excluding tert-OH is 1. The van der Waals surface area contributed by atoms with E-state index >= 15 is 0 Å². The molecule has 4 fully saturated rings. The molecule has 11 atom stereocenters. The van der Waals surface area contributed by atoms with Gasteiger partial charge < -0.3 is 19.3 Å². The average molecular weight is 507 g/mol. The van der Waals surface area contributed by atoms with Crippen molar-refractivity contribution in [3.63, 3.8) is 0 Å². The van der Waals surface area contributed by atoms with E-state index in [0.717, 1.165) is 51.4 Å². The van der Waals surface area contributed by atoms with E-state index in [1.165, 1.54) is 21.0 Å². The molecule has 0 aromatic carbocycles. The first kappa shape index (κ1) is 27.4. The highest BCUT2D eigenvalue weighted by molar-refractivity contribution is 5.69. The van der Waals surface area contributed by atoms with Gasteiger partial charge in [-0.3, -0.25) is 14.4 Å². The fourth-order valence-corrected chi connectivity index (χ4v) is 9.46. The van der Waals surface area contributed by atoms with Crippen LogP contribution in [0.2, 0.25) is 0 Å². The van der Waals surface area contributed by atoms with Crippen LogP contribution in [0.4, 0.5) is 0 Å². The topological polar surface area (TPSA) is 99.1 Å². The summed E-state index contributed by atoms with van der Waals surface area (Å²) in [6.07, 6.45) is 6.66. The minimum absolute atomic E-state index is 0.0628. The molecule has 0 aliphatic heterocycles. The van der Waals surface area contributed by atoms with Crippen LogP contribution in [0.1, 0.15) is 92.4 Å². The maximum atomic E-state index is 12.2. The molecule has 4 aliphatic carbocycles. The highest BCUT2D eigenvalue weighted by Crippen LogP contribution is 2.68. The fraction of sp³-hybridized carbons (Fsp3) is 0.897. The van der Waals surface area contributed by atoms with Gasteiger partial charge in [0.2, 0.25) is 0 Å². The normalized spacial score (nSPS) is 44.4. The van der Waals surface area contributed by atoms with E-state index in [2.05, 4.69) is 20.8 Å². The molecule has 0 bridgehead atoms. The minimum Gasteiger partial charge on any atom is -0.469 e. The number of ether oxygens (including phenoxy) is 3. The quantitative estimate of drug-likeness (QED) is 0.412. The second-order valence-corrected chi connectivity index (χ2v) is 12.8. The monoisotopic (exact) mass is 506 g/mol. The highest BCUT2D eigenvalue weighted by atomic mass is 16.5. The van der Waals surface area contributed by atoms with Gasteiger partial charge in [0, 0.05) is 26.2 Å². The van der Waals surface area contributed by atoms with Crippen LogP contribution in [0, 0.1) is 46.3 Å². The van der Waals surface area contributed by atoms with Crippen LogP contribution in [0.15, 0.2) is 0 Å². The van der Waals surface area contributed by atoms with E-state index < -0.39 is 6.10 Å². The number of aliphatic hydroxyl groups is 1. The molecule has 0 aromatic heterocycles. The summed E-state index contributed by atoms with van der Waals surface area (Å²) >= 11 is 0. The molecular formula is C29H46O7. The first-order valence-corrected chi connectivity index (χ1v) is 14.0. The molecule has 36 heavy (non-hydrogen) atoms. The third kappa shape index (κ3) is 4.81. The number of fused-ring (bicyclic) bond motifs is 5. The van der Waals surface area contributed by atoms with Crippen LogP contribution >= 0.6 is 0 Å². The molecule has 0 unspecified atom stereocenters. The van der Waals surface area contributed by atoms with Crippen molar-refractivity contribution in [1.82, 2.24) is 0 Å². The number of hydrogen-bond donors (Lipinski definition) is 1. The summed E-state index contributed by atoms with van der Waals surface area (Å²) in [6, 6.07) is 0. The number of carbonyl (C=O) groups excluding carboxylic acids is 3. The lowest BCUT2D eigenvalue weighted by Gasteiger charge is -2.63. The Morgan fingerprint density at radius 1 is 0.972 bits per heavy atom. The molecule has 0 saturated heterocycles. The van der Waals surface area contributed by atoms with Gasteiger partial charge in [-0.1, -0.05) is 20.8 Å². The Balaban J connectivity index is 1.61. The maximum absolute atomic E-state index is 12.2. The first-order chi connectivity index (χ1) is 16.9. The smallest absolute Gasteiger partial charge is 0.305 e. The standard InChI is InChI=1S/C29H46O7/c1-16(7-8-25(33)34-6)22-15-23(32)27-26-21(10-12-29(22,27)5)28(4)11-9-20(35-17(2)30)13-19(28)14-24(26)36-18(3)31/h16,19-24,26-27,32H,7-15H2,1-6H3/t16-,19+,20-,21+,22-,23+,24-,26+,27+,28+,29-/m1/s1. The van der Waals surface area contributed by atoms with Crippen LogP contribution < -0.4 is 0 Å². The molecule has 4 rings (SSSR count). The SMILES string of the molecule is COC(=O)CC[C@@H](C)[C@H]1C[C@H](O)[C@H]2[C@@H]3[C@H](OC(C)=O)C[C@@H]4C[C@H](OC(C)=O)CC[C@]4(C)[C@H]3CC[C@@]21C. The molecule has 0 heterocycles. The number of esters is 3. The Bertz CT molecular complexity index is 857. The third-order valence-corrected chi connectivity index (χ3v) is 11.0. The van der Waals surface area contributed by atoms with E-state index in [1.54, 1.807) is 0 Å². The van der Waals surface area contributed by atoms with Gasteiger partial charge in [-0.15, -0.1) is 0 Å². The number of carbonyl (C=O) groups is 3. The predicted molar refractivity (Wildman–Crippen MR) is 134 cm³/mol. The Kier molecular flexibility index (Phi) is 7.81. The molecule has 7 nitrogen and oxygen atoms in total. The van der Waals surface area contributed by atoms with Gasteiger partial charge in [0.1, 0.15) is 12.2 Å². The van der Waals surface area contributed by atoms with Gasteiger partial charge in [-0.2, -0.15) is 0 Å². The summed E-state index contributed by atoms with van der Waals surface area (Å²) in [5, 5.41) is 11.6. The molecule has 4 aliphatic rings. The van der Waals surface area contributed by atoms with Crippen molar-refractivity contribution in [2.24, 2.45) is 46.3 Å². The van der Waals surface area contributed by atoms with Crippen molar-refractivity contribution >= 4 is 17.9 Å². The van der Waals surface area contributed by atoms with Gasteiger partial charge in [0.05, 0.1) is 13.2 Å². The molecule has 0 amide bonds. The second kappa shape index (κ2) is 10.3. The van der Waals surface area contributed by atoms with E-state index in [-0.39, 0.29) is 52.8 Å². The van der Waals surface area contributed by atoms with Gasteiger partial charge in [0.25, 0.3) is 0 Å². The van der Waals surface area contributed by atoms with Gasteiger partial charge >= 0.3 is 17.9 Å². The first-order valence-electron chi connectivity index (χ1n) is 14.0. The lowest BCUT2D eigenvalue weighted by atomic mass is 9.43. The largest absolute Gasteiger partial charge is 0.469 e. The van der Waals surface area contributed by atoms with E-state index in [1.807, 2.05) is 0 Å². The van der Waals surface area contributed by atoms with Crippen molar-refractivity contribution < 1.29 is 33.7 Å². The number of rotatable bonds is 6. The van der Waals surface area contributed by atoms with Crippen LogP contribution in [-0.4, -0.2) is 48.4 Å². The Hall–Kier alpha value is -1.63. The molecule has 0 radical (unpaired) electrons. The summed E-state index contributed by atoms with van der Waals surface area (Å²) in [7, 11) is 1.43. The van der Waals surface area contributed by atoms with E-state index in [9.17, 15) is 19.5 Å². The minimum atomic E-state index is -0.441. The van der Waals surface area contributed by atoms with Crippen LogP contribution in [0.5, 0.6) is 0 Å². The van der Waals surface area contributed by atoms with Crippen LogP contribution in [-0.2, 0) is 28.6 Å². The van der Waals surface area contributed by atoms with Crippen molar-refractivity contribution in [1.29, 1.82) is 0 Å². The molecule has 4 saturated carbocycles. The fourth-order valence-electron chi connectivity index (χ4n) is 9.46. The molecule has 204 valence electrons. The summed E-state index contributed by atoms with van der Waals surface area (Å²) < 4.78 is 16.5. The van der Waals surface area contributed by atoms with Gasteiger partial charge in [-0.05, 0) is 91.8 Å². The molecule has 0 spiro atoms. The van der Waals surface area contributed by atoms with Crippen molar-refractivity contribution in [2.45, 2.75) is 111 Å².